The molecule has 0 amide bonds. The highest BCUT2D eigenvalue weighted by Gasteiger charge is 2.66. The lowest BCUT2D eigenvalue weighted by molar-refractivity contribution is -0.123. The summed E-state index contributed by atoms with van der Waals surface area (Å²) in [6.07, 6.45) is 4.32. The second kappa shape index (κ2) is 3.68. The van der Waals surface area contributed by atoms with Gasteiger partial charge in [0.15, 0.2) is 5.75 Å². The van der Waals surface area contributed by atoms with E-state index >= 15 is 0 Å². The summed E-state index contributed by atoms with van der Waals surface area (Å²) in [5.41, 5.74) is 2.82. The quantitative estimate of drug-likeness (QED) is 0.433. The number of hydrogen-bond acceptors (Lipinski definition) is 6. The van der Waals surface area contributed by atoms with Crippen molar-refractivity contribution in [2.75, 3.05) is 11.9 Å². The number of benzene rings is 1. The minimum absolute atomic E-state index is 0.00966. The third-order valence-electron chi connectivity index (χ3n) is 6.67. The number of aliphatic hydroxyl groups is 1. The summed E-state index contributed by atoms with van der Waals surface area (Å²) in [6.45, 7) is 0.689. The van der Waals surface area contributed by atoms with Crippen LogP contribution in [0.3, 0.4) is 0 Å². The van der Waals surface area contributed by atoms with E-state index in [0.717, 1.165) is 39.5 Å². The van der Waals surface area contributed by atoms with Gasteiger partial charge in [0, 0.05) is 17.5 Å². The molecule has 3 bridgehead atoms. The molecule has 3 N–H and O–H groups in total. The molecule has 124 valence electrons. The minimum atomic E-state index is -0.771. The fourth-order valence-electron chi connectivity index (χ4n) is 5.73. The number of hydrogen-bond donors (Lipinski definition) is 3. The molecule has 1 saturated heterocycles. The Kier molecular flexibility index (Phi) is 1.94. The molecule has 6 aliphatic rings. The molecule has 4 atom stereocenters. The average molecular weight is 352 g/mol. The summed E-state index contributed by atoms with van der Waals surface area (Å²) in [5, 5.41) is 27.7. The van der Waals surface area contributed by atoms with Gasteiger partial charge in [0.2, 0.25) is 17.2 Å². The van der Waals surface area contributed by atoms with Crippen LogP contribution in [-0.4, -0.2) is 46.3 Å². The van der Waals surface area contributed by atoms with Crippen LogP contribution in [-0.2, 0) is 10.2 Å². The number of rotatable bonds is 0. The third-order valence-corrected chi connectivity index (χ3v) is 7.98. The predicted octanol–water partition coefficient (Wildman–Crippen LogP) is -0.510. The van der Waals surface area contributed by atoms with Crippen molar-refractivity contribution in [2.24, 2.45) is 4.99 Å². The highest BCUT2D eigenvalue weighted by atomic mass is 32.2. The summed E-state index contributed by atoms with van der Waals surface area (Å²) in [5.74, 6) is 0.167. The first kappa shape index (κ1) is 13.1. The standard InChI is InChI=1S/C18H13N3O3S/c22-7-3-8-18-4-9(25-8)20-13-11(18)15-10-6(5-19-12(10)16(13)23)1-2-21(15)14(7)17(18)24/h3,5,9,14,17,24H,1-2,4H2,(H,19,20,23)/p+1/t9?,14?,17-,18+/m0/s1. The molecule has 0 radical (unpaired) electrons. The fourth-order valence-corrected chi connectivity index (χ4v) is 7.26. The first-order valence-electron chi connectivity index (χ1n) is 8.59. The molecule has 7 rings (SSSR count). The molecular formula is C18H14N3O3S+. The predicted molar refractivity (Wildman–Crippen MR) is 93.8 cm³/mol. The molecule has 1 aromatic carbocycles. The van der Waals surface area contributed by atoms with Gasteiger partial charge in [0.25, 0.3) is 0 Å². The maximum atomic E-state index is 12.8. The maximum absolute atomic E-state index is 12.8. The number of nitrogens with one attached hydrogen (secondary N) is 1. The van der Waals surface area contributed by atoms with Gasteiger partial charge in [-0.15, -0.1) is 11.8 Å². The average Bonchev–Trinajstić information content (AvgIpc) is 3.13. The number of ketones is 1. The van der Waals surface area contributed by atoms with Crippen molar-refractivity contribution in [2.45, 2.75) is 35.8 Å². The number of aliphatic hydroxyl groups excluding tert-OH is 1. The third kappa shape index (κ3) is 1.15. The van der Waals surface area contributed by atoms with Crippen LogP contribution in [0, 0.1) is 0 Å². The SMILES string of the molecule is O=C1C=C2SC3C[C@]24c2c(c(O)c5c6c2=[N+](CCC=6C=N5)C1[C@@H]4O)N3. The van der Waals surface area contributed by atoms with Crippen LogP contribution < -0.4 is 20.5 Å². The Bertz CT molecular complexity index is 1150. The highest BCUT2D eigenvalue weighted by Crippen LogP contribution is 2.62. The molecule has 2 unspecified atom stereocenters. The second-order valence-corrected chi connectivity index (χ2v) is 8.87. The van der Waals surface area contributed by atoms with Crippen LogP contribution in [0.1, 0.15) is 18.4 Å². The second-order valence-electron chi connectivity index (χ2n) is 7.62. The number of phenols is 1. The molecule has 25 heavy (non-hydrogen) atoms. The van der Waals surface area contributed by atoms with Gasteiger partial charge >= 0.3 is 0 Å². The van der Waals surface area contributed by atoms with Gasteiger partial charge < -0.3 is 15.5 Å². The van der Waals surface area contributed by atoms with Crippen molar-refractivity contribution in [3.63, 3.8) is 0 Å². The van der Waals surface area contributed by atoms with E-state index in [0.29, 0.717) is 17.9 Å². The number of aromatic hydroxyl groups is 1. The van der Waals surface area contributed by atoms with Gasteiger partial charge in [0.05, 0.1) is 27.3 Å². The van der Waals surface area contributed by atoms with E-state index in [2.05, 4.69) is 14.9 Å². The monoisotopic (exact) mass is 352 g/mol. The molecular weight excluding hydrogens is 338 g/mol. The molecule has 1 spiro atoms. The lowest BCUT2D eigenvalue weighted by Gasteiger charge is -2.45. The smallest absolute Gasteiger partial charge is 0.242 e. The molecule has 1 aromatic rings. The van der Waals surface area contributed by atoms with Crippen molar-refractivity contribution in [1.82, 2.24) is 4.58 Å². The van der Waals surface area contributed by atoms with Crippen LogP contribution in [0.25, 0.3) is 5.57 Å². The zero-order valence-electron chi connectivity index (χ0n) is 13.1. The number of phenolic OH excluding ortho intramolecular Hbond substituents is 1. The van der Waals surface area contributed by atoms with Gasteiger partial charge in [-0.05, 0) is 18.1 Å². The van der Waals surface area contributed by atoms with Crippen molar-refractivity contribution in [3.8, 4) is 5.75 Å². The molecule has 7 heteroatoms. The van der Waals surface area contributed by atoms with E-state index < -0.39 is 17.6 Å². The van der Waals surface area contributed by atoms with E-state index in [4.69, 9.17) is 0 Å². The van der Waals surface area contributed by atoms with E-state index in [1.807, 2.05) is 6.21 Å². The summed E-state index contributed by atoms with van der Waals surface area (Å²) in [6, 6.07) is -0.530. The van der Waals surface area contributed by atoms with Crippen LogP contribution in [0.15, 0.2) is 16.0 Å². The highest BCUT2D eigenvalue weighted by molar-refractivity contribution is 8.04. The van der Waals surface area contributed by atoms with E-state index in [1.54, 1.807) is 17.8 Å². The zero-order chi connectivity index (χ0) is 16.7. The van der Waals surface area contributed by atoms with E-state index in [9.17, 15) is 15.0 Å². The van der Waals surface area contributed by atoms with E-state index in [-0.39, 0.29) is 16.9 Å². The van der Waals surface area contributed by atoms with Crippen LogP contribution in [0.5, 0.6) is 5.75 Å². The van der Waals surface area contributed by atoms with Gasteiger partial charge in [-0.2, -0.15) is 0 Å². The Morgan fingerprint density at radius 1 is 1.44 bits per heavy atom. The first-order chi connectivity index (χ1) is 12.1. The normalized spacial score (nSPS) is 37.4. The maximum Gasteiger partial charge on any atom is 0.242 e. The summed E-state index contributed by atoms with van der Waals surface area (Å²) in [4.78, 5) is 18.3. The van der Waals surface area contributed by atoms with E-state index in [1.165, 1.54) is 0 Å². The fraction of sp³-hybridized carbons (Fsp3) is 0.389. The molecule has 0 aromatic heterocycles. The van der Waals surface area contributed by atoms with Gasteiger partial charge in [-0.3, -0.25) is 9.79 Å². The Balaban J connectivity index is 1.82. The number of nitrogens with zero attached hydrogens (tertiary/aromatic N) is 2. The first-order valence-corrected chi connectivity index (χ1v) is 9.47. The molecule has 5 heterocycles. The molecule has 6 nitrogen and oxygen atoms in total. The number of thioether (sulfide) groups is 1. The molecule has 5 aliphatic heterocycles. The van der Waals surface area contributed by atoms with Gasteiger partial charge in [0.1, 0.15) is 18.3 Å². The Morgan fingerprint density at radius 3 is 3.20 bits per heavy atom. The number of fused-ring (bicyclic) bond motifs is 3. The molecule has 1 fully saturated rings. The number of anilines is 1. The lowest BCUT2D eigenvalue weighted by Crippen LogP contribution is -2.70. The minimum Gasteiger partial charge on any atom is -0.504 e. The van der Waals surface area contributed by atoms with Crippen LogP contribution in [0.4, 0.5) is 11.4 Å². The van der Waals surface area contributed by atoms with Crippen LogP contribution in [0.2, 0.25) is 0 Å². The zero-order valence-corrected chi connectivity index (χ0v) is 13.9. The number of carbonyl (C=O) groups excluding carboxylic acids is 1. The summed E-state index contributed by atoms with van der Waals surface area (Å²) in [7, 11) is 0. The van der Waals surface area contributed by atoms with Crippen molar-refractivity contribution in [1.29, 1.82) is 0 Å². The Morgan fingerprint density at radius 2 is 2.32 bits per heavy atom. The molecule has 0 saturated carbocycles. The summed E-state index contributed by atoms with van der Waals surface area (Å²) >= 11 is 1.61. The Hall–Kier alpha value is -2.12. The topological polar surface area (TPSA) is 84.9 Å². The van der Waals surface area contributed by atoms with Crippen molar-refractivity contribution >= 4 is 40.7 Å². The number of aliphatic imine (C=N–C) groups is 1. The van der Waals surface area contributed by atoms with Crippen molar-refractivity contribution < 1.29 is 15.0 Å². The van der Waals surface area contributed by atoms with Gasteiger partial charge in [-0.1, -0.05) is 0 Å². The van der Waals surface area contributed by atoms with Crippen molar-refractivity contribution in [3.05, 3.63) is 27.1 Å². The largest absolute Gasteiger partial charge is 0.504 e. The lowest BCUT2D eigenvalue weighted by atomic mass is 9.62. The number of carbonyl (C=O) groups is 1. The van der Waals surface area contributed by atoms with Gasteiger partial charge in [-0.25, -0.2) is 4.58 Å². The summed E-state index contributed by atoms with van der Waals surface area (Å²) < 4.78 is 2.06. The molecule has 1 aliphatic carbocycles. The Labute approximate surface area is 146 Å². The van der Waals surface area contributed by atoms with Crippen LogP contribution >= 0.6 is 11.8 Å².